The molecule has 0 amide bonds. The van der Waals surface area contributed by atoms with Crippen molar-refractivity contribution in [1.82, 2.24) is 29.0 Å². The number of benzene rings is 1. The predicted octanol–water partition coefficient (Wildman–Crippen LogP) is 3.84. The van der Waals surface area contributed by atoms with Gasteiger partial charge in [0.25, 0.3) is 0 Å². The van der Waals surface area contributed by atoms with Gasteiger partial charge in [0.15, 0.2) is 17.2 Å². The molecule has 0 bridgehead atoms. The number of alkyl halides is 3. The quantitative estimate of drug-likeness (QED) is 0.309. The third kappa shape index (κ3) is 5.04. The van der Waals surface area contributed by atoms with Gasteiger partial charge < -0.3 is 19.3 Å². The molecule has 202 valence electrons. The topological polar surface area (TPSA) is 85.3 Å². The third-order valence-electron chi connectivity index (χ3n) is 6.57. The van der Waals surface area contributed by atoms with E-state index in [1.54, 1.807) is 29.8 Å². The van der Waals surface area contributed by atoms with E-state index >= 15 is 0 Å². The summed E-state index contributed by atoms with van der Waals surface area (Å²) in [6.07, 6.45) is 1.57. The SMILES string of the molecule is COc1ccc(CN(Cc2cn3cccnc3n2)c2cc(N3CCOCC3)nn3c(C(F)(F)F)cnc23)cc1. The van der Waals surface area contributed by atoms with E-state index in [-0.39, 0.29) is 5.65 Å². The van der Waals surface area contributed by atoms with Crippen molar-refractivity contribution >= 4 is 22.9 Å². The summed E-state index contributed by atoms with van der Waals surface area (Å²) in [5.41, 5.74) is 1.31. The fourth-order valence-electron chi connectivity index (χ4n) is 4.64. The molecule has 6 rings (SSSR count). The van der Waals surface area contributed by atoms with Gasteiger partial charge in [0, 0.05) is 44.3 Å². The van der Waals surface area contributed by atoms with Gasteiger partial charge in [-0.3, -0.25) is 4.40 Å². The minimum absolute atomic E-state index is 0.106. The van der Waals surface area contributed by atoms with Crippen molar-refractivity contribution in [2.75, 3.05) is 43.2 Å². The Hall–Kier alpha value is -4.39. The van der Waals surface area contributed by atoms with Crippen molar-refractivity contribution in [1.29, 1.82) is 0 Å². The van der Waals surface area contributed by atoms with E-state index in [0.717, 1.165) is 16.3 Å². The predicted molar refractivity (Wildman–Crippen MR) is 137 cm³/mol. The van der Waals surface area contributed by atoms with Gasteiger partial charge in [-0.2, -0.15) is 13.2 Å². The van der Waals surface area contributed by atoms with Crippen molar-refractivity contribution in [3.05, 3.63) is 78.1 Å². The molecule has 1 fully saturated rings. The number of aromatic nitrogens is 6. The maximum Gasteiger partial charge on any atom is 0.435 e. The molecule has 0 aliphatic carbocycles. The molecule has 1 aromatic carbocycles. The lowest BCUT2D eigenvalue weighted by atomic mass is 10.2. The first-order valence-electron chi connectivity index (χ1n) is 12.3. The van der Waals surface area contributed by atoms with Gasteiger partial charge in [-0.1, -0.05) is 12.1 Å². The van der Waals surface area contributed by atoms with Crippen LogP contribution >= 0.6 is 0 Å². The largest absolute Gasteiger partial charge is 0.497 e. The summed E-state index contributed by atoms with van der Waals surface area (Å²) in [5, 5.41) is 4.37. The van der Waals surface area contributed by atoms with Crippen LogP contribution in [0.15, 0.2) is 61.2 Å². The highest BCUT2D eigenvalue weighted by Gasteiger charge is 2.36. The summed E-state index contributed by atoms with van der Waals surface area (Å²) in [7, 11) is 1.59. The Morgan fingerprint density at radius 3 is 2.59 bits per heavy atom. The molecule has 0 atom stereocenters. The molecule has 1 aliphatic heterocycles. The van der Waals surface area contributed by atoms with Crippen molar-refractivity contribution < 1.29 is 22.6 Å². The second-order valence-electron chi connectivity index (χ2n) is 9.13. The number of hydrogen-bond acceptors (Lipinski definition) is 8. The normalized spacial score (nSPS) is 14.3. The first-order valence-corrected chi connectivity index (χ1v) is 12.3. The summed E-state index contributed by atoms with van der Waals surface area (Å²) >= 11 is 0. The first-order chi connectivity index (χ1) is 18.9. The Bertz CT molecular complexity index is 1560. The molecule has 0 N–H and O–H groups in total. The van der Waals surface area contributed by atoms with E-state index in [1.807, 2.05) is 46.5 Å². The van der Waals surface area contributed by atoms with Crippen LogP contribution < -0.4 is 14.5 Å². The molecule has 1 aliphatic rings. The van der Waals surface area contributed by atoms with Gasteiger partial charge in [0.05, 0.1) is 44.4 Å². The van der Waals surface area contributed by atoms with Crippen LogP contribution in [0, 0.1) is 0 Å². The summed E-state index contributed by atoms with van der Waals surface area (Å²) in [4.78, 5) is 17.0. The smallest absolute Gasteiger partial charge is 0.435 e. The monoisotopic (exact) mass is 538 g/mol. The first kappa shape index (κ1) is 24.9. The second-order valence-corrected chi connectivity index (χ2v) is 9.13. The van der Waals surface area contributed by atoms with Gasteiger partial charge in [-0.25, -0.2) is 19.5 Å². The Labute approximate surface area is 221 Å². The maximum absolute atomic E-state index is 14.0. The van der Waals surface area contributed by atoms with Gasteiger partial charge in [-0.15, -0.1) is 5.10 Å². The van der Waals surface area contributed by atoms with E-state index in [4.69, 9.17) is 9.47 Å². The van der Waals surface area contributed by atoms with Crippen LogP contribution in [0.3, 0.4) is 0 Å². The number of halogens is 3. The number of anilines is 2. The molecule has 39 heavy (non-hydrogen) atoms. The minimum atomic E-state index is -4.62. The van der Waals surface area contributed by atoms with Crippen molar-refractivity contribution in [2.45, 2.75) is 19.3 Å². The highest BCUT2D eigenvalue weighted by Crippen LogP contribution is 2.34. The van der Waals surface area contributed by atoms with Gasteiger partial charge in [-0.05, 0) is 23.8 Å². The number of morpholine rings is 1. The number of methoxy groups -OCH3 is 1. The van der Waals surface area contributed by atoms with Crippen LogP contribution in [0.2, 0.25) is 0 Å². The molecule has 0 radical (unpaired) electrons. The highest BCUT2D eigenvalue weighted by atomic mass is 19.4. The molecule has 1 saturated heterocycles. The molecule has 10 nitrogen and oxygen atoms in total. The molecular weight excluding hydrogens is 513 g/mol. The van der Waals surface area contributed by atoms with Crippen molar-refractivity contribution in [2.24, 2.45) is 0 Å². The van der Waals surface area contributed by atoms with Crippen LogP contribution in [0.25, 0.3) is 11.4 Å². The molecule has 5 aromatic rings. The van der Waals surface area contributed by atoms with Gasteiger partial charge in [0.2, 0.25) is 5.78 Å². The fourth-order valence-corrected chi connectivity index (χ4v) is 4.64. The van der Waals surface area contributed by atoms with Crippen LogP contribution in [0.5, 0.6) is 5.75 Å². The molecule has 13 heteroatoms. The number of fused-ring (bicyclic) bond motifs is 2. The van der Waals surface area contributed by atoms with E-state index in [0.29, 0.717) is 68.1 Å². The van der Waals surface area contributed by atoms with E-state index < -0.39 is 11.9 Å². The number of hydrogen-bond donors (Lipinski definition) is 0. The van der Waals surface area contributed by atoms with Crippen LogP contribution in [-0.4, -0.2) is 62.4 Å². The number of rotatable bonds is 7. The Kier molecular flexibility index (Phi) is 6.43. The van der Waals surface area contributed by atoms with Gasteiger partial charge >= 0.3 is 6.18 Å². The van der Waals surface area contributed by atoms with Crippen LogP contribution in [0.1, 0.15) is 17.0 Å². The molecular formula is C26H25F3N8O2. The summed E-state index contributed by atoms with van der Waals surface area (Å²) in [6, 6.07) is 11.1. The molecule has 4 aromatic heterocycles. The summed E-state index contributed by atoms with van der Waals surface area (Å²) < 4.78 is 55.3. The lowest BCUT2D eigenvalue weighted by Crippen LogP contribution is -2.37. The summed E-state index contributed by atoms with van der Waals surface area (Å²) in [5.74, 6) is 1.66. The van der Waals surface area contributed by atoms with Crippen molar-refractivity contribution in [3.8, 4) is 5.75 Å². The standard InChI is InChI=1S/C26H25F3N8O2/c1-38-20-5-3-18(4-6-20)15-36(17-19-16-35-8-2-7-30-25(35)32-19)21-13-23(34-9-11-39-12-10-34)33-37-22(26(27,28)29)14-31-24(21)37/h2-8,13-14,16H,9-12,15,17H2,1H3. The van der Waals surface area contributed by atoms with E-state index in [2.05, 4.69) is 20.1 Å². The van der Waals surface area contributed by atoms with Crippen LogP contribution in [0.4, 0.5) is 24.7 Å². The molecule has 0 saturated carbocycles. The van der Waals surface area contributed by atoms with E-state index in [9.17, 15) is 13.2 Å². The molecule has 5 heterocycles. The number of nitrogens with zero attached hydrogens (tertiary/aromatic N) is 8. The highest BCUT2D eigenvalue weighted by molar-refractivity contribution is 5.73. The van der Waals surface area contributed by atoms with Crippen LogP contribution in [-0.2, 0) is 24.0 Å². The van der Waals surface area contributed by atoms with E-state index in [1.165, 1.54) is 0 Å². The lowest BCUT2D eigenvalue weighted by molar-refractivity contribution is -0.142. The average molecular weight is 539 g/mol. The maximum atomic E-state index is 14.0. The van der Waals surface area contributed by atoms with Gasteiger partial charge in [0.1, 0.15) is 5.75 Å². The Morgan fingerprint density at radius 1 is 1.08 bits per heavy atom. The fraction of sp³-hybridized carbons (Fsp3) is 0.308. The zero-order valence-corrected chi connectivity index (χ0v) is 21.0. The van der Waals surface area contributed by atoms with Crippen molar-refractivity contribution in [3.63, 3.8) is 0 Å². The zero-order chi connectivity index (χ0) is 27.0. The number of ether oxygens (including phenoxy) is 2. The minimum Gasteiger partial charge on any atom is -0.497 e. The Balaban J connectivity index is 1.48. The second kappa shape index (κ2) is 10.1. The lowest BCUT2D eigenvalue weighted by Gasteiger charge is -2.30. The average Bonchev–Trinajstić information content (AvgIpc) is 3.57. The number of imidazole rings is 2. The zero-order valence-electron chi connectivity index (χ0n) is 21.0. The Morgan fingerprint density at radius 2 is 1.87 bits per heavy atom. The third-order valence-corrected chi connectivity index (χ3v) is 6.57. The summed E-state index contributed by atoms with van der Waals surface area (Å²) in [6.45, 7) is 2.65. The molecule has 0 spiro atoms. The molecule has 0 unspecified atom stereocenters.